The fourth-order valence-corrected chi connectivity index (χ4v) is 3.46. The Morgan fingerprint density at radius 2 is 2.28 bits per heavy atom. The molecule has 18 heavy (non-hydrogen) atoms. The van der Waals surface area contributed by atoms with Gasteiger partial charge in [0.1, 0.15) is 0 Å². The summed E-state index contributed by atoms with van der Waals surface area (Å²) in [6, 6.07) is 0.652. The Bertz CT molecular complexity index is 376. The van der Waals surface area contributed by atoms with Crippen LogP contribution in [0.1, 0.15) is 38.2 Å². The van der Waals surface area contributed by atoms with E-state index in [4.69, 9.17) is 0 Å². The maximum atomic E-state index is 9.54. The van der Waals surface area contributed by atoms with Crippen molar-refractivity contribution in [1.29, 1.82) is 0 Å². The number of aliphatic hydroxyl groups is 1. The van der Waals surface area contributed by atoms with E-state index in [-0.39, 0.29) is 0 Å². The molecule has 2 unspecified atom stereocenters. The molecular weight excluding hydrogens is 246 g/mol. The third-order valence-electron chi connectivity index (χ3n) is 3.69. The Hall–Kier alpha value is -0.650. The predicted octanol–water partition coefficient (Wildman–Crippen LogP) is 2.12. The van der Waals surface area contributed by atoms with Gasteiger partial charge in [-0.2, -0.15) is 0 Å². The lowest BCUT2D eigenvalue weighted by Gasteiger charge is -2.25. The highest BCUT2D eigenvalue weighted by Gasteiger charge is 2.27. The average Bonchev–Trinajstić information content (AvgIpc) is 2.98. The number of hydrogen-bond donors (Lipinski definition) is 1. The Morgan fingerprint density at radius 1 is 1.56 bits per heavy atom. The highest BCUT2D eigenvalue weighted by Crippen LogP contribution is 2.30. The maximum Gasteiger partial charge on any atom is 0.185 e. The van der Waals surface area contributed by atoms with Crippen molar-refractivity contribution in [2.45, 2.75) is 39.3 Å². The van der Waals surface area contributed by atoms with E-state index >= 15 is 0 Å². The molecule has 102 valence electrons. The molecule has 0 amide bonds. The van der Waals surface area contributed by atoms with E-state index in [9.17, 15) is 5.11 Å². The summed E-state index contributed by atoms with van der Waals surface area (Å²) in [5.41, 5.74) is 0. The zero-order chi connectivity index (χ0) is 13.1. The van der Waals surface area contributed by atoms with Crippen LogP contribution in [0.25, 0.3) is 0 Å². The van der Waals surface area contributed by atoms with Gasteiger partial charge in [0.25, 0.3) is 0 Å². The van der Waals surface area contributed by atoms with Crippen LogP contribution in [0.5, 0.6) is 0 Å². The first-order valence-corrected chi connectivity index (χ1v) is 7.60. The van der Waals surface area contributed by atoms with Gasteiger partial charge in [-0.1, -0.05) is 25.2 Å². The highest BCUT2D eigenvalue weighted by molar-refractivity contribution is 7.15. The second kappa shape index (κ2) is 5.99. The molecule has 0 saturated carbocycles. The van der Waals surface area contributed by atoms with Gasteiger partial charge in [0.15, 0.2) is 5.13 Å². The second-order valence-electron chi connectivity index (χ2n) is 4.83. The van der Waals surface area contributed by atoms with Crippen molar-refractivity contribution in [1.82, 2.24) is 9.88 Å². The van der Waals surface area contributed by atoms with Crippen LogP contribution >= 0.6 is 11.3 Å². The van der Waals surface area contributed by atoms with Crippen LogP contribution in [0.15, 0.2) is 6.20 Å². The van der Waals surface area contributed by atoms with Crippen molar-refractivity contribution >= 4 is 16.5 Å². The number of likely N-dealkylation sites (N-methyl/N-ethyl adjacent to an activating group) is 1. The van der Waals surface area contributed by atoms with Crippen molar-refractivity contribution < 1.29 is 5.11 Å². The summed E-state index contributed by atoms with van der Waals surface area (Å²) in [7, 11) is 0. The van der Waals surface area contributed by atoms with Crippen LogP contribution in [0.4, 0.5) is 5.13 Å². The predicted molar refractivity (Wildman–Crippen MR) is 76.3 cm³/mol. The van der Waals surface area contributed by atoms with Gasteiger partial charge in [-0.25, -0.2) is 4.98 Å². The monoisotopic (exact) mass is 269 g/mol. The molecule has 1 aromatic heterocycles. The lowest BCUT2D eigenvalue weighted by molar-refractivity contribution is 0.203. The molecule has 0 aliphatic carbocycles. The summed E-state index contributed by atoms with van der Waals surface area (Å²) in [6.07, 6.45) is 2.61. The minimum Gasteiger partial charge on any atom is -0.388 e. The number of nitrogens with zero attached hydrogens (tertiary/aromatic N) is 3. The van der Waals surface area contributed by atoms with Crippen LogP contribution < -0.4 is 4.90 Å². The van der Waals surface area contributed by atoms with Gasteiger partial charge >= 0.3 is 0 Å². The van der Waals surface area contributed by atoms with E-state index in [1.54, 1.807) is 24.5 Å². The molecule has 2 atom stereocenters. The lowest BCUT2D eigenvalue weighted by atomic mass is 10.2. The van der Waals surface area contributed by atoms with Crippen molar-refractivity contribution in [3.8, 4) is 0 Å². The number of aromatic nitrogens is 1. The molecule has 1 fully saturated rings. The zero-order valence-corrected chi connectivity index (χ0v) is 12.3. The molecule has 0 radical (unpaired) electrons. The molecule has 0 bridgehead atoms. The summed E-state index contributed by atoms with van der Waals surface area (Å²) < 4.78 is 0. The van der Waals surface area contributed by atoms with Crippen molar-refractivity contribution in [3.63, 3.8) is 0 Å². The molecule has 2 heterocycles. The number of hydrogen-bond acceptors (Lipinski definition) is 5. The first-order chi connectivity index (χ1) is 8.65. The number of thiazole rings is 1. The lowest BCUT2D eigenvalue weighted by Crippen LogP contribution is -2.37. The molecular formula is C13H23N3OS. The Kier molecular flexibility index (Phi) is 4.59. The normalized spacial score (nSPS) is 21.8. The van der Waals surface area contributed by atoms with E-state index in [0.29, 0.717) is 6.04 Å². The van der Waals surface area contributed by atoms with E-state index in [1.165, 1.54) is 6.42 Å². The SMILES string of the molecule is CCN(CC)C1CCN(c2ncc(C(C)O)s2)C1. The van der Waals surface area contributed by atoms with Crippen LogP contribution in [0.3, 0.4) is 0 Å². The molecule has 1 aliphatic rings. The van der Waals surface area contributed by atoms with Crippen LogP contribution in [0, 0.1) is 0 Å². The molecule has 0 spiro atoms. The summed E-state index contributed by atoms with van der Waals surface area (Å²) in [4.78, 5) is 10.2. The first kappa shape index (κ1) is 13.8. The minimum absolute atomic E-state index is 0.405. The Morgan fingerprint density at radius 3 is 2.83 bits per heavy atom. The van der Waals surface area contributed by atoms with E-state index in [2.05, 4.69) is 28.6 Å². The van der Waals surface area contributed by atoms with E-state index in [0.717, 1.165) is 36.2 Å². The summed E-state index contributed by atoms with van der Waals surface area (Å²) in [5.74, 6) is 0. The molecule has 5 heteroatoms. The topological polar surface area (TPSA) is 39.6 Å². The molecule has 0 aromatic carbocycles. The highest BCUT2D eigenvalue weighted by atomic mass is 32.1. The van der Waals surface area contributed by atoms with Crippen LogP contribution in [-0.4, -0.2) is 47.2 Å². The third kappa shape index (κ3) is 2.84. The fourth-order valence-electron chi connectivity index (χ4n) is 2.57. The first-order valence-electron chi connectivity index (χ1n) is 6.78. The van der Waals surface area contributed by atoms with Gasteiger partial charge < -0.3 is 10.0 Å². The molecule has 1 N–H and O–H groups in total. The molecule has 1 aromatic rings. The fraction of sp³-hybridized carbons (Fsp3) is 0.769. The second-order valence-corrected chi connectivity index (χ2v) is 5.87. The van der Waals surface area contributed by atoms with E-state index < -0.39 is 6.10 Å². The largest absolute Gasteiger partial charge is 0.388 e. The molecule has 1 saturated heterocycles. The molecule has 2 rings (SSSR count). The van der Waals surface area contributed by atoms with Gasteiger partial charge in [0, 0.05) is 25.3 Å². The van der Waals surface area contributed by atoms with Crippen LogP contribution in [0.2, 0.25) is 0 Å². The number of anilines is 1. The van der Waals surface area contributed by atoms with Gasteiger partial charge in [-0.05, 0) is 26.4 Å². The summed E-state index contributed by atoms with van der Waals surface area (Å²) >= 11 is 1.61. The standard InChI is InChI=1S/C13H23N3OS/c1-4-15(5-2)11-6-7-16(9-11)13-14-8-12(18-13)10(3)17/h8,10-11,17H,4-7,9H2,1-3H3. The summed E-state index contributed by atoms with van der Waals surface area (Å²) in [6.45, 7) is 10.6. The van der Waals surface area contributed by atoms with Gasteiger partial charge in [-0.3, -0.25) is 4.90 Å². The van der Waals surface area contributed by atoms with E-state index in [1.807, 2.05) is 0 Å². The van der Waals surface area contributed by atoms with Gasteiger partial charge in [0.05, 0.1) is 11.0 Å². The van der Waals surface area contributed by atoms with Crippen molar-refractivity contribution in [2.24, 2.45) is 0 Å². The Labute approximate surface area is 113 Å². The van der Waals surface area contributed by atoms with Crippen molar-refractivity contribution in [2.75, 3.05) is 31.1 Å². The molecule has 4 nitrogen and oxygen atoms in total. The number of aliphatic hydroxyl groups excluding tert-OH is 1. The van der Waals surface area contributed by atoms with Gasteiger partial charge in [0.2, 0.25) is 0 Å². The smallest absolute Gasteiger partial charge is 0.185 e. The summed E-state index contributed by atoms with van der Waals surface area (Å²) in [5, 5.41) is 10.6. The number of rotatable bonds is 5. The Balaban J connectivity index is 1.99. The van der Waals surface area contributed by atoms with Crippen LogP contribution in [-0.2, 0) is 0 Å². The third-order valence-corrected chi connectivity index (χ3v) is 4.91. The van der Waals surface area contributed by atoms with Crippen molar-refractivity contribution in [3.05, 3.63) is 11.1 Å². The maximum absolute atomic E-state index is 9.54. The zero-order valence-electron chi connectivity index (χ0n) is 11.5. The minimum atomic E-state index is -0.405. The van der Waals surface area contributed by atoms with Gasteiger partial charge in [-0.15, -0.1) is 0 Å². The average molecular weight is 269 g/mol. The molecule has 1 aliphatic heterocycles. The quantitative estimate of drug-likeness (QED) is 0.889.